The number of hydrogen-bond donors (Lipinski definition) is 0. The summed E-state index contributed by atoms with van der Waals surface area (Å²) in [5, 5.41) is 0. The maximum atomic E-state index is 3.56. The van der Waals surface area contributed by atoms with Crippen molar-refractivity contribution in [2.45, 2.75) is 58.9 Å². The van der Waals surface area contributed by atoms with E-state index in [9.17, 15) is 0 Å². The van der Waals surface area contributed by atoms with Crippen molar-refractivity contribution in [3.63, 3.8) is 0 Å². The van der Waals surface area contributed by atoms with Crippen molar-refractivity contribution in [3.05, 3.63) is 35.2 Å². The van der Waals surface area contributed by atoms with Gasteiger partial charge in [0.15, 0.2) is 0 Å². The average molecular weight is 489 g/mol. The van der Waals surface area contributed by atoms with Crippen LogP contribution in [0, 0.1) is 11.5 Å². The van der Waals surface area contributed by atoms with Crippen LogP contribution in [0.3, 0.4) is 0 Å². The first-order valence-electron chi connectivity index (χ1n) is 10.1. The maximum absolute atomic E-state index is 3.56. The van der Waals surface area contributed by atoms with Gasteiger partial charge in [-0.25, -0.2) is 0 Å². The van der Waals surface area contributed by atoms with Gasteiger partial charge in [0.05, 0.1) is 25.9 Å². The molecule has 0 spiro atoms. The summed E-state index contributed by atoms with van der Waals surface area (Å²) in [6, 6.07) is 11.8. The monoisotopic (exact) mass is 488 g/mol. The van der Waals surface area contributed by atoms with Gasteiger partial charge >= 0.3 is 0 Å². The van der Waals surface area contributed by atoms with Gasteiger partial charge in [-0.3, -0.25) is 0 Å². The first-order valence-corrected chi connectivity index (χ1v) is 23.1. The van der Waals surface area contributed by atoms with Crippen LogP contribution >= 0.6 is 34.0 Å². The third kappa shape index (κ3) is 5.72. The fraction of sp³-hybridized carbons (Fsp3) is 0.391. The van der Waals surface area contributed by atoms with Gasteiger partial charge in [-0.1, -0.05) is 77.0 Å². The van der Waals surface area contributed by atoms with Crippen molar-refractivity contribution in [2.24, 2.45) is 0 Å². The summed E-state index contributed by atoms with van der Waals surface area (Å²) in [5.41, 5.74) is 4.94. The first kappa shape index (κ1) is 23.0. The molecule has 0 amide bonds. The second-order valence-electron chi connectivity index (χ2n) is 10.7. The van der Waals surface area contributed by atoms with Gasteiger partial charge in [-0.2, -0.15) is 0 Å². The molecule has 0 N–H and O–H groups in total. The van der Waals surface area contributed by atoms with Gasteiger partial charge < -0.3 is 0 Å². The molecule has 3 aromatic heterocycles. The van der Waals surface area contributed by atoms with E-state index in [-0.39, 0.29) is 0 Å². The average Bonchev–Trinajstić information content (AvgIpc) is 3.28. The largest absolute Gasteiger partial charge is 0.145 e. The summed E-state index contributed by atoms with van der Waals surface area (Å²) in [6.45, 7) is 21.5. The molecule has 3 rings (SSSR count). The predicted molar refractivity (Wildman–Crippen MR) is 147 cm³/mol. The van der Waals surface area contributed by atoms with Crippen LogP contribution < -0.4 is 9.00 Å². The van der Waals surface area contributed by atoms with E-state index in [1.807, 2.05) is 34.0 Å². The van der Waals surface area contributed by atoms with E-state index in [0.717, 1.165) is 0 Å². The lowest BCUT2D eigenvalue weighted by molar-refractivity contribution is 1.78. The van der Waals surface area contributed by atoms with E-state index >= 15 is 0 Å². The summed E-state index contributed by atoms with van der Waals surface area (Å²) in [7, 11) is -3.96. The Morgan fingerprint density at radius 3 is 1.66 bits per heavy atom. The number of thiophene rings is 3. The molecule has 0 saturated heterocycles. The molecule has 3 heterocycles. The van der Waals surface area contributed by atoms with Crippen molar-refractivity contribution < 1.29 is 0 Å². The fourth-order valence-corrected chi connectivity index (χ4v) is 10.4. The molecule has 0 radical (unpaired) electrons. The van der Waals surface area contributed by atoms with Crippen LogP contribution in [0.1, 0.15) is 4.88 Å². The summed E-state index contributed by atoms with van der Waals surface area (Å²) in [5.74, 6) is 3.52. The van der Waals surface area contributed by atoms with Crippen molar-refractivity contribution in [1.82, 2.24) is 0 Å². The van der Waals surface area contributed by atoms with Crippen LogP contribution in [0.25, 0.3) is 20.2 Å². The lowest BCUT2D eigenvalue weighted by Gasteiger charge is -2.12. The van der Waals surface area contributed by atoms with Crippen LogP contribution in [-0.2, 0) is 0 Å². The van der Waals surface area contributed by atoms with E-state index < -0.39 is 24.2 Å². The quantitative estimate of drug-likeness (QED) is 0.263. The smallest absolute Gasteiger partial charge is 0.129 e. The zero-order chi connectivity index (χ0) is 21.6. The van der Waals surface area contributed by atoms with Crippen LogP contribution in [-0.4, -0.2) is 24.2 Å². The van der Waals surface area contributed by atoms with Gasteiger partial charge in [0, 0.05) is 15.3 Å². The molecule has 0 unspecified atom stereocenters. The van der Waals surface area contributed by atoms with Gasteiger partial charge in [0.2, 0.25) is 0 Å². The molecular formula is C23H32S3Si3. The Balaban J connectivity index is 2.13. The zero-order valence-corrected chi connectivity index (χ0v) is 24.6. The molecule has 0 atom stereocenters. The maximum Gasteiger partial charge on any atom is 0.129 e. The van der Waals surface area contributed by atoms with E-state index in [1.165, 1.54) is 25.1 Å². The number of rotatable bonds is 4. The Morgan fingerprint density at radius 2 is 1.17 bits per heavy atom. The third-order valence-corrected chi connectivity index (χ3v) is 16.0. The molecule has 0 fully saturated rings. The first-order chi connectivity index (χ1) is 13.2. The normalized spacial score (nSPS) is 12.7. The molecule has 0 aromatic carbocycles. The summed E-state index contributed by atoms with van der Waals surface area (Å²) < 4.78 is 3.16. The highest BCUT2D eigenvalue weighted by Gasteiger charge is 2.23. The summed E-state index contributed by atoms with van der Waals surface area (Å²) in [4.78, 5) is 5.43. The molecule has 0 aliphatic heterocycles. The van der Waals surface area contributed by atoms with Gasteiger partial charge in [-0.15, -0.1) is 39.6 Å². The molecule has 0 aliphatic carbocycles. The molecule has 0 saturated carbocycles. The standard InChI is InChI=1S/C23H32S3Si3/c1-27(2,3)15-14-17-16-18(19-10-12-21(25-19)28(4,5)6)23(24-17)20-11-13-22(26-20)29(7,8)9/h10-13,16H,1-9H3. The Hall–Kier alpha value is -0.689. The zero-order valence-electron chi connectivity index (χ0n) is 19.1. The van der Waals surface area contributed by atoms with Crippen LogP contribution in [0.4, 0.5) is 0 Å². The lowest BCUT2D eigenvalue weighted by atomic mass is 10.2. The Labute approximate surface area is 192 Å². The van der Waals surface area contributed by atoms with E-state index in [4.69, 9.17) is 0 Å². The highest BCUT2D eigenvalue weighted by atomic mass is 32.1. The molecule has 0 bridgehead atoms. The minimum atomic E-state index is -1.39. The SMILES string of the molecule is C[Si](C)(C)C#Cc1cc(-c2ccc([Si](C)(C)C)s2)c(-c2ccc([Si](C)(C)C)s2)s1. The van der Waals surface area contributed by atoms with Crippen molar-refractivity contribution in [3.8, 4) is 31.7 Å². The molecular weight excluding hydrogens is 457 g/mol. The molecule has 0 aliphatic rings. The van der Waals surface area contributed by atoms with E-state index in [0.29, 0.717) is 0 Å². The van der Waals surface area contributed by atoms with Crippen molar-refractivity contribution >= 4 is 67.2 Å². The Bertz CT molecular complexity index is 998. The minimum Gasteiger partial charge on any atom is -0.145 e. The topological polar surface area (TPSA) is 0 Å². The Kier molecular flexibility index (Phi) is 6.42. The second kappa shape index (κ2) is 8.10. The van der Waals surface area contributed by atoms with Crippen LogP contribution in [0.5, 0.6) is 0 Å². The van der Waals surface area contributed by atoms with Gasteiger partial charge in [0.25, 0.3) is 0 Å². The molecule has 154 valence electrons. The lowest BCUT2D eigenvalue weighted by Crippen LogP contribution is -2.34. The fourth-order valence-electron chi connectivity index (χ4n) is 2.82. The molecule has 6 heteroatoms. The predicted octanol–water partition coefficient (Wildman–Crippen LogP) is 7.52. The molecule has 3 aromatic rings. The summed E-state index contributed by atoms with van der Waals surface area (Å²) in [6.07, 6.45) is 0. The van der Waals surface area contributed by atoms with E-state index in [1.54, 1.807) is 9.00 Å². The van der Waals surface area contributed by atoms with Crippen LogP contribution in [0.15, 0.2) is 30.3 Å². The van der Waals surface area contributed by atoms with Gasteiger partial charge in [-0.05, 0) is 27.2 Å². The molecule has 29 heavy (non-hydrogen) atoms. The second-order valence-corrected chi connectivity index (χ2v) is 29.5. The molecule has 0 nitrogen and oxygen atoms in total. The highest BCUT2D eigenvalue weighted by Crippen LogP contribution is 2.42. The number of hydrogen-bond acceptors (Lipinski definition) is 3. The summed E-state index contributed by atoms with van der Waals surface area (Å²) >= 11 is 5.87. The van der Waals surface area contributed by atoms with E-state index in [2.05, 4.69) is 101 Å². The van der Waals surface area contributed by atoms with Gasteiger partial charge in [0.1, 0.15) is 8.07 Å². The minimum absolute atomic E-state index is 1.21. The van der Waals surface area contributed by atoms with Crippen LogP contribution in [0.2, 0.25) is 58.9 Å². The van der Waals surface area contributed by atoms with Crippen molar-refractivity contribution in [1.29, 1.82) is 0 Å². The highest BCUT2D eigenvalue weighted by molar-refractivity contribution is 7.32. The third-order valence-electron chi connectivity index (χ3n) is 4.47. The Morgan fingerprint density at radius 1 is 0.655 bits per heavy atom. The van der Waals surface area contributed by atoms with Crippen molar-refractivity contribution in [2.75, 3.05) is 0 Å².